The number of hydrogen-bond donors (Lipinski definition) is 2. The molecule has 3 rings (SSSR count). The molecule has 0 aliphatic carbocycles. The van der Waals surface area contributed by atoms with E-state index in [0.29, 0.717) is 33.0 Å². The number of thiophene rings is 1. The van der Waals surface area contributed by atoms with E-state index >= 15 is 0 Å². The molecule has 0 fully saturated rings. The SMILES string of the molecule is CCCCOc1ccc(-c2c(C#N)c(N)nc3sc(C#N)c(N)c23)cc1. The van der Waals surface area contributed by atoms with Gasteiger partial charge in [0.1, 0.15) is 39.0 Å². The van der Waals surface area contributed by atoms with Crippen molar-refractivity contribution >= 4 is 33.1 Å². The minimum atomic E-state index is 0.129. The molecule has 0 saturated carbocycles. The largest absolute Gasteiger partial charge is 0.494 e. The summed E-state index contributed by atoms with van der Waals surface area (Å²) in [7, 11) is 0. The molecular formula is C19H17N5OS. The summed E-state index contributed by atoms with van der Waals surface area (Å²) in [5, 5.41) is 19.4. The second kappa shape index (κ2) is 7.30. The summed E-state index contributed by atoms with van der Waals surface area (Å²) in [5.41, 5.74) is 14.1. The Kier molecular flexibility index (Phi) is 4.92. The van der Waals surface area contributed by atoms with Crippen LogP contribution >= 0.6 is 11.3 Å². The van der Waals surface area contributed by atoms with Crippen molar-refractivity contribution in [2.75, 3.05) is 18.1 Å². The van der Waals surface area contributed by atoms with Crippen LogP contribution in [0.1, 0.15) is 30.2 Å². The zero-order valence-electron chi connectivity index (χ0n) is 14.2. The first-order valence-electron chi connectivity index (χ1n) is 8.15. The van der Waals surface area contributed by atoms with Crippen LogP contribution in [-0.4, -0.2) is 11.6 Å². The number of ether oxygens (including phenoxy) is 1. The molecule has 1 aromatic carbocycles. The Morgan fingerprint density at radius 1 is 1.15 bits per heavy atom. The van der Waals surface area contributed by atoms with Crippen LogP contribution < -0.4 is 16.2 Å². The van der Waals surface area contributed by atoms with Crippen molar-refractivity contribution in [3.8, 4) is 29.0 Å². The molecule has 0 amide bonds. The number of nitriles is 2. The summed E-state index contributed by atoms with van der Waals surface area (Å²) >= 11 is 1.17. The van der Waals surface area contributed by atoms with Gasteiger partial charge in [-0.25, -0.2) is 4.98 Å². The van der Waals surface area contributed by atoms with Gasteiger partial charge < -0.3 is 16.2 Å². The van der Waals surface area contributed by atoms with Crippen LogP contribution in [0.5, 0.6) is 5.75 Å². The Balaban J connectivity index is 2.16. The van der Waals surface area contributed by atoms with Crippen molar-refractivity contribution in [1.82, 2.24) is 4.98 Å². The van der Waals surface area contributed by atoms with Crippen LogP contribution in [0, 0.1) is 22.7 Å². The Hall–Kier alpha value is -3.29. The molecule has 0 spiro atoms. The number of anilines is 2. The second-order valence-electron chi connectivity index (χ2n) is 5.72. The van der Waals surface area contributed by atoms with Crippen molar-refractivity contribution < 1.29 is 4.74 Å². The molecule has 6 nitrogen and oxygen atoms in total. The van der Waals surface area contributed by atoms with Gasteiger partial charge >= 0.3 is 0 Å². The average Bonchev–Trinajstić information content (AvgIpc) is 2.97. The summed E-state index contributed by atoms with van der Waals surface area (Å²) < 4.78 is 5.68. The molecule has 4 N–H and O–H groups in total. The fourth-order valence-electron chi connectivity index (χ4n) is 2.71. The van der Waals surface area contributed by atoms with Gasteiger partial charge in [-0.3, -0.25) is 0 Å². The maximum absolute atomic E-state index is 9.58. The van der Waals surface area contributed by atoms with Crippen LogP contribution in [0.3, 0.4) is 0 Å². The summed E-state index contributed by atoms with van der Waals surface area (Å²) in [6.45, 7) is 2.77. The molecule has 0 atom stereocenters. The molecule has 0 aliphatic heterocycles. The predicted molar refractivity (Wildman–Crippen MR) is 104 cm³/mol. The first-order valence-corrected chi connectivity index (χ1v) is 8.97. The molecule has 130 valence electrons. The number of unbranched alkanes of at least 4 members (excludes halogenated alkanes) is 1. The highest BCUT2D eigenvalue weighted by Gasteiger charge is 2.21. The zero-order chi connectivity index (χ0) is 18.7. The Morgan fingerprint density at radius 2 is 1.88 bits per heavy atom. The highest BCUT2D eigenvalue weighted by atomic mass is 32.1. The third-order valence-electron chi connectivity index (χ3n) is 4.03. The monoisotopic (exact) mass is 363 g/mol. The number of nitrogens with two attached hydrogens (primary N) is 2. The van der Waals surface area contributed by atoms with Crippen molar-refractivity contribution in [3.05, 3.63) is 34.7 Å². The van der Waals surface area contributed by atoms with Gasteiger partial charge in [0, 0.05) is 10.9 Å². The topological polar surface area (TPSA) is 122 Å². The first kappa shape index (κ1) is 17.5. The molecule has 3 aromatic rings. The molecule has 7 heteroatoms. The molecule has 0 saturated heterocycles. The number of aromatic nitrogens is 1. The molecule has 2 aromatic heterocycles. The van der Waals surface area contributed by atoms with Crippen LogP contribution in [0.4, 0.5) is 11.5 Å². The predicted octanol–water partition coefficient (Wildman–Crippen LogP) is 4.05. The van der Waals surface area contributed by atoms with E-state index in [-0.39, 0.29) is 11.4 Å². The smallest absolute Gasteiger partial charge is 0.143 e. The minimum Gasteiger partial charge on any atom is -0.494 e. The number of pyridine rings is 1. The van der Waals surface area contributed by atoms with Gasteiger partial charge in [0.05, 0.1) is 12.3 Å². The van der Waals surface area contributed by atoms with E-state index in [4.69, 9.17) is 16.2 Å². The third-order valence-corrected chi connectivity index (χ3v) is 5.03. The van der Waals surface area contributed by atoms with E-state index < -0.39 is 0 Å². The van der Waals surface area contributed by atoms with Gasteiger partial charge in [-0.2, -0.15) is 10.5 Å². The Bertz CT molecular complexity index is 1040. The maximum atomic E-state index is 9.58. The lowest BCUT2D eigenvalue weighted by Crippen LogP contribution is -1.99. The summed E-state index contributed by atoms with van der Waals surface area (Å²) in [5.74, 6) is 0.888. The van der Waals surface area contributed by atoms with E-state index in [2.05, 4.69) is 24.0 Å². The van der Waals surface area contributed by atoms with Gasteiger partial charge in [-0.15, -0.1) is 11.3 Å². The van der Waals surface area contributed by atoms with Crippen molar-refractivity contribution in [3.63, 3.8) is 0 Å². The highest BCUT2D eigenvalue weighted by molar-refractivity contribution is 7.20. The van der Waals surface area contributed by atoms with Crippen LogP contribution in [0.25, 0.3) is 21.3 Å². The molecule has 0 bridgehead atoms. The second-order valence-corrected chi connectivity index (χ2v) is 6.72. The van der Waals surface area contributed by atoms with E-state index in [1.54, 1.807) is 0 Å². The third kappa shape index (κ3) is 3.01. The molecule has 0 radical (unpaired) electrons. The van der Waals surface area contributed by atoms with Crippen molar-refractivity contribution in [2.24, 2.45) is 0 Å². The lowest BCUT2D eigenvalue weighted by molar-refractivity contribution is 0.309. The summed E-state index contributed by atoms with van der Waals surface area (Å²) in [6.07, 6.45) is 2.06. The summed E-state index contributed by atoms with van der Waals surface area (Å²) in [4.78, 5) is 5.16. The van der Waals surface area contributed by atoms with Crippen LogP contribution in [0.2, 0.25) is 0 Å². The minimum absolute atomic E-state index is 0.129. The van der Waals surface area contributed by atoms with Crippen LogP contribution in [-0.2, 0) is 0 Å². The van der Waals surface area contributed by atoms with Crippen molar-refractivity contribution in [1.29, 1.82) is 10.5 Å². The van der Waals surface area contributed by atoms with Crippen molar-refractivity contribution in [2.45, 2.75) is 19.8 Å². The number of nitrogens with zero attached hydrogens (tertiary/aromatic N) is 3. The van der Waals surface area contributed by atoms with E-state index in [1.807, 2.05) is 24.3 Å². The highest BCUT2D eigenvalue weighted by Crippen LogP contribution is 2.42. The zero-order valence-corrected chi connectivity index (χ0v) is 15.1. The van der Waals surface area contributed by atoms with Gasteiger partial charge in [0.15, 0.2) is 0 Å². The number of hydrogen-bond acceptors (Lipinski definition) is 7. The molecular weight excluding hydrogens is 346 g/mol. The quantitative estimate of drug-likeness (QED) is 0.659. The Labute approximate surface area is 155 Å². The van der Waals surface area contributed by atoms with Crippen LogP contribution in [0.15, 0.2) is 24.3 Å². The normalized spacial score (nSPS) is 10.4. The maximum Gasteiger partial charge on any atom is 0.143 e. The average molecular weight is 363 g/mol. The summed E-state index contributed by atoms with van der Waals surface area (Å²) in [6, 6.07) is 11.6. The fraction of sp³-hybridized carbons (Fsp3) is 0.211. The van der Waals surface area contributed by atoms with E-state index in [0.717, 1.165) is 24.2 Å². The standard InChI is InChI=1S/C19H17N5OS/c1-2-3-8-25-12-6-4-11(5-7-12)15-13(9-20)18(23)24-19-16(15)17(22)14(10-21)26-19/h4-7H,2-3,8,22H2,1H3,(H2,23,24). The molecule has 0 unspecified atom stereocenters. The number of nitrogen functional groups attached to an aromatic ring is 2. The first-order chi connectivity index (χ1) is 12.6. The lowest BCUT2D eigenvalue weighted by Gasteiger charge is -2.11. The molecule has 26 heavy (non-hydrogen) atoms. The molecule has 0 aliphatic rings. The lowest BCUT2D eigenvalue weighted by atomic mass is 9.97. The Morgan fingerprint density at radius 3 is 2.50 bits per heavy atom. The number of fused-ring (bicyclic) bond motifs is 1. The number of rotatable bonds is 5. The van der Waals surface area contributed by atoms with E-state index in [9.17, 15) is 10.5 Å². The van der Waals surface area contributed by atoms with Gasteiger partial charge in [-0.1, -0.05) is 25.5 Å². The van der Waals surface area contributed by atoms with E-state index in [1.165, 1.54) is 11.3 Å². The molecule has 2 heterocycles. The van der Waals surface area contributed by atoms with Gasteiger partial charge in [0.2, 0.25) is 0 Å². The van der Waals surface area contributed by atoms with Gasteiger partial charge in [0.25, 0.3) is 0 Å². The number of benzene rings is 1. The van der Waals surface area contributed by atoms with Gasteiger partial charge in [-0.05, 0) is 24.1 Å². The fourth-order valence-corrected chi connectivity index (χ4v) is 3.62.